The minimum Gasteiger partial charge on any atom is -0.308 e. The molecule has 90 valence electrons. The first-order valence-corrected chi connectivity index (χ1v) is 6.70. The summed E-state index contributed by atoms with van der Waals surface area (Å²) >= 11 is 5.08. The summed E-state index contributed by atoms with van der Waals surface area (Å²) in [5, 5.41) is 5.18. The Hall–Kier alpha value is -0.780. The van der Waals surface area contributed by atoms with Gasteiger partial charge in [0.2, 0.25) is 0 Å². The van der Waals surface area contributed by atoms with Gasteiger partial charge >= 0.3 is 0 Å². The summed E-state index contributed by atoms with van der Waals surface area (Å²) in [5.74, 6) is -1.61. The van der Waals surface area contributed by atoms with Crippen molar-refractivity contribution in [1.82, 2.24) is 5.32 Å². The van der Waals surface area contributed by atoms with Crippen molar-refractivity contribution in [2.75, 3.05) is 0 Å². The molecule has 0 amide bonds. The van der Waals surface area contributed by atoms with Crippen molar-refractivity contribution in [1.29, 1.82) is 0 Å². The van der Waals surface area contributed by atoms with E-state index in [-0.39, 0.29) is 0 Å². The Labute approximate surface area is 111 Å². The highest BCUT2D eigenvalue weighted by Crippen LogP contribution is 2.22. The molecule has 1 N–H and O–H groups in total. The van der Waals surface area contributed by atoms with E-state index in [1.165, 1.54) is 10.9 Å². The van der Waals surface area contributed by atoms with Gasteiger partial charge in [0.15, 0.2) is 11.6 Å². The second kappa shape index (κ2) is 5.71. The Kier molecular flexibility index (Phi) is 4.25. The summed E-state index contributed by atoms with van der Waals surface area (Å²) in [4.78, 5) is 1.19. The third-order valence-corrected chi connectivity index (χ3v) is 4.22. The third kappa shape index (κ3) is 3.34. The second-order valence-corrected chi connectivity index (χ2v) is 5.40. The average Bonchev–Trinajstić information content (AvgIpc) is 2.70. The zero-order valence-corrected chi connectivity index (χ0v) is 11.2. The first kappa shape index (κ1) is 12.7. The molecule has 2 rings (SSSR count). The fourth-order valence-electron chi connectivity index (χ4n) is 1.42. The van der Waals surface area contributed by atoms with Gasteiger partial charge in [-0.1, -0.05) is 6.07 Å². The van der Waals surface area contributed by atoms with Gasteiger partial charge in [-0.15, -0.1) is 11.3 Å². The Bertz CT molecular complexity index is 513. The Morgan fingerprint density at radius 1 is 1.12 bits per heavy atom. The molecule has 0 aliphatic rings. The molecule has 0 unspecified atom stereocenters. The molecule has 0 saturated carbocycles. The molecule has 0 bridgehead atoms. The Balaban J connectivity index is 1.90. The molecule has 0 saturated heterocycles. The van der Waals surface area contributed by atoms with Crippen LogP contribution >= 0.6 is 27.3 Å². The predicted molar refractivity (Wildman–Crippen MR) is 68.9 cm³/mol. The minimum atomic E-state index is -0.810. The maximum Gasteiger partial charge on any atom is 0.159 e. The highest BCUT2D eigenvalue weighted by molar-refractivity contribution is 9.10. The standard InChI is InChI=1S/C12H10BrF2NS/c13-9-3-4-17-12(9)7-16-6-8-1-2-10(14)11(15)5-8/h1-5,16H,6-7H2. The van der Waals surface area contributed by atoms with Crippen molar-refractivity contribution >= 4 is 27.3 Å². The van der Waals surface area contributed by atoms with Crippen LogP contribution in [0.25, 0.3) is 0 Å². The van der Waals surface area contributed by atoms with Crippen LogP contribution in [0.3, 0.4) is 0 Å². The van der Waals surface area contributed by atoms with Gasteiger partial charge in [-0.25, -0.2) is 8.78 Å². The van der Waals surface area contributed by atoms with E-state index in [1.54, 1.807) is 17.4 Å². The normalized spacial score (nSPS) is 10.8. The summed E-state index contributed by atoms with van der Waals surface area (Å²) in [6.07, 6.45) is 0. The quantitative estimate of drug-likeness (QED) is 0.896. The van der Waals surface area contributed by atoms with E-state index in [4.69, 9.17) is 0 Å². The number of hydrogen-bond acceptors (Lipinski definition) is 2. The number of rotatable bonds is 4. The lowest BCUT2D eigenvalue weighted by atomic mass is 10.2. The lowest BCUT2D eigenvalue weighted by molar-refractivity contribution is 0.506. The van der Waals surface area contributed by atoms with E-state index in [0.717, 1.165) is 16.1 Å². The van der Waals surface area contributed by atoms with Gasteiger partial charge in [-0.2, -0.15) is 0 Å². The Morgan fingerprint density at radius 3 is 2.59 bits per heavy atom. The molecule has 0 aliphatic heterocycles. The van der Waals surface area contributed by atoms with E-state index in [0.29, 0.717) is 13.1 Å². The van der Waals surface area contributed by atoms with Crippen LogP contribution in [-0.2, 0) is 13.1 Å². The van der Waals surface area contributed by atoms with Crippen LogP contribution in [0, 0.1) is 11.6 Å². The molecule has 0 aliphatic carbocycles. The summed E-state index contributed by atoms with van der Waals surface area (Å²) in [6, 6.07) is 5.92. The van der Waals surface area contributed by atoms with Gasteiger partial charge in [0, 0.05) is 22.4 Å². The number of halogens is 3. The molecule has 0 spiro atoms. The number of hydrogen-bond donors (Lipinski definition) is 1. The van der Waals surface area contributed by atoms with Crippen LogP contribution in [0.5, 0.6) is 0 Å². The lowest BCUT2D eigenvalue weighted by Gasteiger charge is -2.04. The SMILES string of the molecule is Fc1ccc(CNCc2sccc2Br)cc1F. The largest absolute Gasteiger partial charge is 0.308 e. The summed E-state index contributed by atoms with van der Waals surface area (Å²) < 4.78 is 26.7. The molecule has 1 aromatic carbocycles. The van der Waals surface area contributed by atoms with E-state index < -0.39 is 11.6 Å². The van der Waals surface area contributed by atoms with Crippen LogP contribution in [0.15, 0.2) is 34.1 Å². The topological polar surface area (TPSA) is 12.0 Å². The van der Waals surface area contributed by atoms with Crippen LogP contribution in [-0.4, -0.2) is 0 Å². The minimum absolute atomic E-state index is 0.515. The van der Waals surface area contributed by atoms with E-state index in [2.05, 4.69) is 21.2 Å². The fraction of sp³-hybridized carbons (Fsp3) is 0.167. The summed E-state index contributed by atoms with van der Waals surface area (Å²) in [6.45, 7) is 1.22. The third-order valence-electron chi connectivity index (χ3n) is 2.29. The number of benzene rings is 1. The predicted octanol–water partition coefficient (Wildman–Crippen LogP) is 4.08. The van der Waals surface area contributed by atoms with E-state index in [9.17, 15) is 8.78 Å². The molecule has 1 heterocycles. The molecule has 0 fully saturated rings. The van der Waals surface area contributed by atoms with Gasteiger partial charge in [0.1, 0.15) is 0 Å². The zero-order chi connectivity index (χ0) is 12.3. The molecule has 0 radical (unpaired) electrons. The number of nitrogens with one attached hydrogen (secondary N) is 1. The fourth-order valence-corrected chi connectivity index (χ4v) is 2.88. The van der Waals surface area contributed by atoms with E-state index in [1.807, 2.05) is 11.4 Å². The molecule has 1 aromatic heterocycles. The van der Waals surface area contributed by atoms with Crippen molar-refractivity contribution in [2.24, 2.45) is 0 Å². The zero-order valence-electron chi connectivity index (χ0n) is 8.84. The maximum absolute atomic E-state index is 12.9. The van der Waals surface area contributed by atoms with Crippen molar-refractivity contribution in [2.45, 2.75) is 13.1 Å². The molecule has 0 atom stereocenters. The van der Waals surface area contributed by atoms with Crippen molar-refractivity contribution < 1.29 is 8.78 Å². The Morgan fingerprint density at radius 2 is 1.94 bits per heavy atom. The van der Waals surface area contributed by atoms with Crippen LogP contribution in [0.1, 0.15) is 10.4 Å². The average molecular weight is 318 g/mol. The van der Waals surface area contributed by atoms with Gasteiger partial charge in [-0.05, 0) is 45.1 Å². The van der Waals surface area contributed by atoms with Crippen LogP contribution in [0.4, 0.5) is 8.78 Å². The first-order valence-electron chi connectivity index (χ1n) is 5.03. The molecular formula is C12H10BrF2NS. The molecule has 1 nitrogen and oxygen atoms in total. The lowest BCUT2D eigenvalue weighted by Crippen LogP contribution is -2.12. The van der Waals surface area contributed by atoms with Gasteiger partial charge in [-0.3, -0.25) is 0 Å². The maximum atomic E-state index is 12.9. The molecule has 2 aromatic rings. The summed E-state index contributed by atoms with van der Waals surface area (Å²) in [5.41, 5.74) is 0.733. The van der Waals surface area contributed by atoms with Gasteiger partial charge in [0.05, 0.1) is 0 Å². The first-order chi connectivity index (χ1) is 8.16. The highest BCUT2D eigenvalue weighted by Gasteiger charge is 2.03. The second-order valence-electron chi connectivity index (χ2n) is 3.54. The highest BCUT2D eigenvalue weighted by atomic mass is 79.9. The van der Waals surface area contributed by atoms with Gasteiger partial charge in [0.25, 0.3) is 0 Å². The van der Waals surface area contributed by atoms with Crippen molar-refractivity contribution in [3.05, 3.63) is 56.2 Å². The number of thiophene rings is 1. The monoisotopic (exact) mass is 317 g/mol. The van der Waals surface area contributed by atoms with Crippen molar-refractivity contribution in [3.8, 4) is 0 Å². The molecular weight excluding hydrogens is 308 g/mol. The van der Waals surface area contributed by atoms with Crippen LogP contribution < -0.4 is 5.32 Å². The van der Waals surface area contributed by atoms with Gasteiger partial charge < -0.3 is 5.32 Å². The van der Waals surface area contributed by atoms with Crippen LogP contribution in [0.2, 0.25) is 0 Å². The van der Waals surface area contributed by atoms with E-state index >= 15 is 0 Å². The smallest absolute Gasteiger partial charge is 0.159 e. The summed E-state index contributed by atoms with van der Waals surface area (Å²) in [7, 11) is 0. The van der Waals surface area contributed by atoms with Crippen molar-refractivity contribution in [3.63, 3.8) is 0 Å². The molecule has 5 heteroatoms. The molecule has 17 heavy (non-hydrogen) atoms.